The average Bonchev–Trinajstić information content (AvgIpc) is 2.35. The van der Waals surface area contributed by atoms with Gasteiger partial charge in [-0.2, -0.15) is 0 Å². The van der Waals surface area contributed by atoms with Crippen LogP contribution in [0.25, 0.3) is 0 Å². The smallest absolute Gasteiger partial charge is 0.243 e. The summed E-state index contributed by atoms with van der Waals surface area (Å²) in [4.78, 5) is 20.3. The van der Waals surface area contributed by atoms with Gasteiger partial charge in [0.15, 0.2) is 0 Å². The van der Waals surface area contributed by atoms with Crippen LogP contribution in [0.3, 0.4) is 0 Å². The molecule has 104 valence electrons. The molecule has 0 aromatic carbocycles. The molecule has 5 nitrogen and oxygen atoms in total. The third kappa shape index (κ3) is 2.77. The number of rotatable bonds is 3. The summed E-state index contributed by atoms with van der Waals surface area (Å²) in [6, 6.07) is 3.39. The van der Waals surface area contributed by atoms with E-state index in [2.05, 4.69) is 4.98 Å². The topological polar surface area (TPSA) is 56.7 Å². The maximum Gasteiger partial charge on any atom is 0.243 e. The van der Waals surface area contributed by atoms with Gasteiger partial charge in [0.1, 0.15) is 6.04 Å². The van der Waals surface area contributed by atoms with E-state index in [0.717, 1.165) is 12.1 Å². The van der Waals surface area contributed by atoms with Crippen LogP contribution in [0, 0.1) is 0 Å². The van der Waals surface area contributed by atoms with Crippen molar-refractivity contribution < 1.29 is 9.90 Å². The first kappa shape index (κ1) is 14.0. The lowest BCUT2D eigenvalue weighted by atomic mass is 9.95. The number of hydrogen-bond acceptors (Lipinski definition) is 4. The summed E-state index contributed by atoms with van der Waals surface area (Å²) >= 11 is 0. The monoisotopic (exact) mass is 263 g/mol. The number of aromatic nitrogens is 1. The predicted molar refractivity (Wildman–Crippen MR) is 72.4 cm³/mol. The van der Waals surface area contributed by atoms with Gasteiger partial charge in [0.25, 0.3) is 0 Å². The van der Waals surface area contributed by atoms with Crippen LogP contribution in [-0.2, 0) is 11.3 Å². The van der Waals surface area contributed by atoms with Crippen molar-refractivity contribution in [1.82, 2.24) is 14.8 Å². The molecule has 1 unspecified atom stereocenters. The molecular weight excluding hydrogens is 242 g/mol. The van der Waals surface area contributed by atoms with E-state index in [0.29, 0.717) is 6.54 Å². The third-order valence-corrected chi connectivity index (χ3v) is 3.69. The highest BCUT2D eigenvalue weighted by Crippen LogP contribution is 2.26. The molecular formula is C14H21N3O2. The number of carbonyl (C=O) groups is 1. The number of hydrogen-bond donors (Lipinski definition) is 1. The molecule has 2 heterocycles. The van der Waals surface area contributed by atoms with Crippen molar-refractivity contribution in [2.45, 2.75) is 32.0 Å². The summed E-state index contributed by atoms with van der Waals surface area (Å²) in [5.74, 6) is -0.0231. The van der Waals surface area contributed by atoms with Gasteiger partial charge in [0.05, 0.1) is 12.1 Å². The molecule has 0 saturated carbocycles. The van der Waals surface area contributed by atoms with E-state index in [9.17, 15) is 9.90 Å². The van der Waals surface area contributed by atoms with Gasteiger partial charge >= 0.3 is 0 Å². The molecule has 0 aliphatic carbocycles. The Morgan fingerprint density at radius 3 is 2.84 bits per heavy atom. The van der Waals surface area contributed by atoms with Crippen LogP contribution >= 0.6 is 0 Å². The van der Waals surface area contributed by atoms with Crippen LogP contribution in [0.2, 0.25) is 0 Å². The Balaban J connectivity index is 2.23. The normalized spacial score (nSPS) is 23.7. The van der Waals surface area contributed by atoms with Crippen LogP contribution in [0.4, 0.5) is 0 Å². The standard InChI is InChI=1S/C14H21N3O2/c1-14(2)10-16(3)12(9-18)13(19)17(14)8-11-5-4-6-15-7-11/h4-7,12,18H,8-10H2,1-3H3. The molecule has 2 rings (SSSR count). The number of piperazine rings is 1. The van der Waals surface area contributed by atoms with Gasteiger partial charge in [-0.1, -0.05) is 6.07 Å². The Labute approximate surface area is 113 Å². The minimum atomic E-state index is -0.440. The van der Waals surface area contributed by atoms with Crippen LogP contribution < -0.4 is 0 Å². The van der Waals surface area contributed by atoms with Gasteiger partial charge < -0.3 is 10.0 Å². The van der Waals surface area contributed by atoms with Crippen molar-refractivity contribution >= 4 is 5.91 Å². The second-order valence-corrected chi connectivity index (χ2v) is 5.71. The second-order valence-electron chi connectivity index (χ2n) is 5.71. The fraction of sp³-hybridized carbons (Fsp3) is 0.571. The van der Waals surface area contributed by atoms with Gasteiger partial charge in [0, 0.05) is 25.5 Å². The van der Waals surface area contributed by atoms with Crippen LogP contribution in [0.1, 0.15) is 19.4 Å². The van der Waals surface area contributed by atoms with Crippen LogP contribution in [0.15, 0.2) is 24.5 Å². The lowest BCUT2D eigenvalue weighted by molar-refractivity contribution is -0.153. The van der Waals surface area contributed by atoms with Crippen molar-refractivity contribution in [2.24, 2.45) is 0 Å². The zero-order valence-electron chi connectivity index (χ0n) is 11.7. The van der Waals surface area contributed by atoms with Crippen molar-refractivity contribution in [2.75, 3.05) is 20.2 Å². The quantitative estimate of drug-likeness (QED) is 0.862. The highest BCUT2D eigenvalue weighted by Gasteiger charge is 2.42. The fourth-order valence-corrected chi connectivity index (χ4v) is 2.66. The number of aliphatic hydroxyl groups is 1. The molecule has 1 aromatic heterocycles. The predicted octanol–water partition coefficient (Wildman–Crippen LogP) is 0.495. The Morgan fingerprint density at radius 1 is 1.53 bits per heavy atom. The van der Waals surface area contributed by atoms with Crippen molar-refractivity contribution in [3.8, 4) is 0 Å². The zero-order valence-corrected chi connectivity index (χ0v) is 11.7. The van der Waals surface area contributed by atoms with Crippen molar-refractivity contribution in [1.29, 1.82) is 0 Å². The number of nitrogens with zero attached hydrogens (tertiary/aromatic N) is 3. The molecule has 1 aliphatic heterocycles. The van der Waals surface area contributed by atoms with E-state index in [-0.39, 0.29) is 18.1 Å². The number of likely N-dealkylation sites (N-methyl/N-ethyl adjacent to an activating group) is 1. The summed E-state index contributed by atoms with van der Waals surface area (Å²) in [5.41, 5.74) is 0.748. The summed E-state index contributed by atoms with van der Waals surface area (Å²) in [7, 11) is 1.88. The highest BCUT2D eigenvalue weighted by atomic mass is 16.3. The second kappa shape index (κ2) is 5.27. The molecule has 1 N–H and O–H groups in total. The molecule has 0 bridgehead atoms. The third-order valence-electron chi connectivity index (χ3n) is 3.69. The highest BCUT2D eigenvalue weighted by molar-refractivity contribution is 5.83. The molecule has 19 heavy (non-hydrogen) atoms. The molecule has 1 aromatic rings. The van der Waals surface area contributed by atoms with Gasteiger partial charge in [-0.15, -0.1) is 0 Å². The zero-order chi connectivity index (χ0) is 14.0. The Hall–Kier alpha value is -1.46. The van der Waals surface area contributed by atoms with Gasteiger partial charge in [0.2, 0.25) is 5.91 Å². The number of carbonyl (C=O) groups excluding carboxylic acids is 1. The minimum Gasteiger partial charge on any atom is -0.394 e. The molecule has 1 aliphatic rings. The first-order chi connectivity index (χ1) is 8.95. The number of aliphatic hydroxyl groups excluding tert-OH is 1. The Bertz CT molecular complexity index is 447. The SMILES string of the molecule is CN1CC(C)(C)N(Cc2cccnc2)C(=O)C1CO. The maximum atomic E-state index is 12.5. The summed E-state index contributed by atoms with van der Waals surface area (Å²) in [6.07, 6.45) is 3.49. The van der Waals surface area contributed by atoms with Crippen molar-refractivity contribution in [3.05, 3.63) is 30.1 Å². The first-order valence-corrected chi connectivity index (χ1v) is 6.47. The van der Waals surface area contributed by atoms with Gasteiger partial charge in [-0.05, 0) is 32.5 Å². The van der Waals surface area contributed by atoms with E-state index in [1.165, 1.54) is 0 Å². The largest absolute Gasteiger partial charge is 0.394 e. The summed E-state index contributed by atoms with van der Waals surface area (Å²) in [6.45, 7) is 5.22. The first-order valence-electron chi connectivity index (χ1n) is 6.47. The molecule has 5 heteroatoms. The Kier molecular flexibility index (Phi) is 3.87. The molecule has 1 atom stereocenters. The molecule has 1 fully saturated rings. The van der Waals surface area contributed by atoms with E-state index in [1.807, 2.05) is 42.8 Å². The fourth-order valence-electron chi connectivity index (χ4n) is 2.66. The van der Waals surface area contributed by atoms with Crippen LogP contribution in [0.5, 0.6) is 0 Å². The molecule has 0 radical (unpaired) electrons. The molecule has 0 spiro atoms. The van der Waals surface area contributed by atoms with Crippen LogP contribution in [-0.4, -0.2) is 57.6 Å². The van der Waals surface area contributed by atoms with Gasteiger partial charge in [-0.25, -0.2) is 0 Å². The van der Waals surface area contributed by atoms with E-state index in [1.54, 1.807) is 12.4 Å². The van der Waals surface area contributed by atoms with Gasteiger partial charge in [-0.3, -0.25) is 14.7 Å². The maximum absolute atomic E-state index is 12.5. The van der Waals surface area contributed by atoms with E-state index < -0.39 is 6.04 Å². The summed E-state index contributed by atoms with van der Waals surface area (Å²) in [5, 5.41) is 9.38. The van der Waals surface area contributed by atoms with E-state index in [4.69, 9.17) is 0 Å². The lowest BCUT2D eigenvalue weighted by Crippen LogP contribution is -2.65. The van der Waals surface area contributed by atoms with Crippen molar-refractivity contribution in [3.63, 3.8) is 0 Å². The number of amides is 1. The minimum absolute atomic E-state index is 0.0231. The van der Waals surface area contributed by atoms with E-state index >= 15 is 0 Å². The molecule has 1 saturated heterocycles. The molecule has 1 amide bonds. The summed E-state index contributed by atoms with van der Waals surface area (Å²) < 4.78 is 0. The average molecular weight is 263 g/mol. The number of pyridine rings is 1. The lowest BCUT2D eigenvalue weighted by Gasteiger charge is -2.49. The Morgan fingerprint density at radius 2 is 2.26 bits per heavy atom.